The predicted octanol–water partition coefficient (Wildman–Crippen LogP) is 3.30. The topological polar surface area (TPSA) is 3.24 Å². The molecule has 1 aliphatic heterocycles. The van der Waals surface area contributed by atoms with Crippen molar-refractivity contribution in [2.45, 2.75) is 52.4 Å². The SMILES string of the molecule is CN1CCCCCC(C)(C)CCC1. The summed E-state index contributed by atoms with van der Waals surface area (Å²) in [5, 5.41) is 0. The summed E-state index contributed by atoms with van der Waals surface area (Å²) >= 11 is 0. The average molecular weight is 183 g/mol. The van der Waals surface area contributed by atoms with Gasteiger partial charge in [0.25, 0.3) is 0 Å². The van der Waals surface area contributed by atoms with Crippen molar-refractivity contribution in [3.63, 3.8) is 0 Å². The molecule has 78 valence electrons. The third-order valence-electron chi connectivity index (χ3n) is 3.29. The van der Waals surface area contributed by atoms with Gasteiger partial charge in [0.05, 0.1) is 0 Å². The molecule has 0 unspecified atom stereocenters. The minimum absolute atomic E-state index is 0.595. The maximum atomic E-state index is 2.49. The zero-order valence-corrected chi connectivity index (χ0v) is 9.60. The molecule has 0 radical (unpaired) electrons. The van der Waals surface area contributed by atoms with E-state index >= 15 is 0 Å². The van der Waals surface area contributed by atoms with Gasteiger partial charge in [0, 0.05) is 0 Å². The number of nitrogens with zero attached hydrogens (tertiary/aromatic N) is 1. The van der Waals surface area contributed by atoms with E-state index in [1.165, 1.54) is 51.6 Å². The van der Waals surface area contributed by atoms with Gasteiger partial charge in [-0.3, -0.25) is 0 Å². The second kappa shape index (κ2) is 4.99. The van der Waals surface area contributed by atoms with Crippen LogP contribution in [0.3, 0.4) is 0 Å². The summed E-state index contributed by atoms with van der Waals surface area (Å²) in [5.74, 6) is 0. The lowest BCUT2D eigenvalue weighted by Gasteiger charge is -2.27. The lowest BCUT2D eigenvalue weighted by Crippen LogP contribution is -2.24. The van der Waals surface area contributed by atoms with Crippen molar-refractivity contribution in [3.8, 4) is 0 Å². The first-order chi connectivity index (χ1) is 6.10. The monoisotopic (exact) mass is 183 g/mol. The van der Waals surface area contributed by atoms with Crippen LogP contribution < -0.4 is 0 Å². The molecule has 1 fully saturated rings. The Labute approximate surface area is 83.5 Å². The van der Waals surface area contributed by atoms with E-state index in [0.717, 1.165) is 0 Å². The first kappa shape index (κ1) is 11.0. The summed E-state index contributed by atoms with van der Waals surface area (Å²) in [6.07, 6.45) is 8.46. The molecule has 1 heterocycles. The molecule has 0 atom stereocenters. The van der Waals surface area contributed by atoms with Crippen LogP contribution in [-0.4, -0.2) is 25.0 Å². The summed E-state index contributed by atoms with van der Waals surface area (Å²) in [4.78, 5) is 2.49. The molecule has 0 N–H and O–H groups in total. The molecule has 1 saturated heterocycles. The van der Waals surface area contributed by atoms with Gasteiger partial charge in [0.15, 0.2) is 0 Å². The van der Waals surface area contributed by atoms with Crippen LogP contribution in [0.15, 0.2) is 0 Å². The van der Waals surface area contributed by atoms with Crippen LogP contribution in [0.25, 0.3) is 0 Å². The van der Waals surface area contributed by atoms with E-state index in [2.05, 4.69) is 25.8 Å². The quantitative estimate of drug-likeness (QED) is 0.557. The van der Waals surface area contributed by atoms with Crippen molar-refractivity contribution in [2.24, 2.45) is 5.41 Å². The molecular weight excluding hydrogens is 158 g/mol. The van der Waals surface area contributed by atoms with Gasteiger partial charge < -0.3 is 4.90 Å². The molecule has 0 aromatic rings. The Morgan fingerprint density at radius 3 is 2.23 bits per heavy atom. The van der Waals surface area contributed by atoms with Gasteiger partial charge in [0.2, 0.25) is 0 Å². The van der Waals surface area contributed by atoms with Crippen LogP contribution in [0, 0.1) is 5.41 Å². The zero-order chi connectivity index (χ0) is 9.73. The predicted molar refractivity (Wildman–Crippen MR) is 59.0 cm³/mol. The highest BCUT2D eigenvalue weighted by atomic mass is 15.1. The second-order valence-corrected chi connectivity index (χ2v) is 5.38. The third kappa shape index (κ3) is 4.66. The van der Waals surface area contributed by atoms with Crippen molar-refractivity contribution >= 4 is 0 Å². The smallest absolute Gasteiger partial charge is 0.00216 e. The Hall–Kier alpha value is -0.0400. The fraction of sp³-hybridized carbons (Fsp3) is 1.00. The van der Waals surface area contributed by atoms with E-state index in [9.17, 15) is 0 Å². The zero-order valence-electron chi connectivity index (χ0n) is 9.60. The standard InChI is InChI=1S/C12H25N/c1-12(2)8-5-4-6-10-13(3)11-7-9-12/h4-11H2,1-3H3. The van der Waals surface area contributed by atoms with Gasteiger partial charge >= 0.3 is 0 Å². The third-order valence-corrected chi connectivity index (χ3v) is 3.29. The first-order valence-electron chi connectivity index (χ1n) is 5.79. The van der Waals surface area contributed by atoms with Crippen LogP contribution in [0.1, 0.15) is 52.4 Å². The molecule has 0 aliphatic carbocycles. The van der Waals surface area contributed by atoms with E-state index < -0.39 is 0 Å². The lowest BCUT2D eigenvalue weighted by molar-refractivity contribution is 0.234. The largest absolute Gasteiger partial charge is 0.306 e. The Bertz CT molecular complexity index is 140. The van der Waals surface area contributed by atoms with Crippen LogP contribution in [0.5, 0.6) is 0 Å². The van der Waals surface area contributed by atoms with Crippen LogP contribution >= 0.6 is 0 Å². The van der Waals surface area contributed by atoms with E-state index in [-0.39, 0.29) is 0 Å². The Kier molecular flexibility index (Phi) is 4.24. The van der Waals surface area contributed by atoms with Crippen molar-refractivity contribution in [1.82, 2.24) is 4.90 Å². The molecule has 0 saturated carbocycles. The fourth-order valence-corrected chi connectivity index (χ4v) is 2.23. The van der Waals surface area contributed by atoms with Crippen LogP contribution in [0.4, 0.5) is 0 Å². The fourth-order valence-electron chi connectivity index (χ4n) is 2.23. The molecule has 0 amide bonds. The molecule has 0 bridgehead atoms. The van der Waals surface area contributed by atoms with Gasteiger partial charge in [-0.05, 0) is 51.2 Å². The van der Waals surface area contributed by atoms with E-state index in [1.807, 2.05) is 0 Å². The molecule has 1 nitrogen and oxygen atoms in total. The van der Waals surface area contributed by atoms with Gasteiger partial charge in [-0.1, -0.05) is 26.7 Å². The Morgan fingerprint density at radius 2 is 1.46 bits per heavy atom. The molecule has 0 spiro atoms. The Balaban J connectivity index is 2.35. The molecule has 13 heavy (non-hydrogen) atoms. The maximum absolute atomic E-state index is 2.49. The van der Waals surface area contributed by atoms with Crippen molar-refractivity contribution in [1.29, 1.82) is 0 Å². The van der Waals surface area contributed by atoms with Gasteiger partial charge in [0.1, 0.15) is 0 Å². The first-order valence-corrected chi connectivity index (χ1v) is 5.79. The summed E-state index contributed by atoms with van der Waals surface area (Å²) in [7, 11) is 2.26. The van der Waals surface area contributed by atoms with E-state index in [1.54, 1.807) is 0 Å². The lowest BCUT2D eigenvalue weighted by atomic mass is 9.82. The molecular formula is C12H25N. The maximum Gasteiger partial charge on any atom is -0.00216 e. The summed E-state index contributed by atoms with van der Waals surface area (Å²) < 4.78 is 0. The summed E-state index contributed by atoms with van der Waals surface area (Å²) in [5.41, 5.74) is 0.595. The van der Waals surface area contributed by atoms with Crippen molar-refractivity contribution in [3.05, 3.63) is 0 Å². The van der Waals surface area contributed by atoms with Crippen LogP contribution in [0.2, 0.25) is 0 Å². The van der Waals surface area contributed by atoms with Crippen molar-refractivity contribution in [2.75, 3.05) is 20.1 Å². The second-order valence-electron chi connectivity index (χ2n) is 5.38. The Morgan fingerprint density at radius 1 is 0.846 bits per heavy atom. The van der Waals surface area contributed by atoms with Gasteiger partial charge in [-0.2, -0.15) is 0 Å². The highest BCUT2D eigenvalue weighted by Gasteiger charge is 2.17. The number of hydrogen-bond acceptors (Lipinski definition) is 1. The molecule has 0 aromatic carbocycles. The van der Waals surface area contributed by atoms with E-state index in [4.69, 9.17) is 0 Å². The number of hydrogen-bond donors (Lipinski definition) is 0. The van der Waals surface area contributed by atoms with Gasteiger partial charge in [-0.25, -0.2) is 0 Å². The molecule has 1 rings (SSSR count). The van der Waals surface area contributed by atoms with Crippen LogP contribution in [-0.2, 0) is 0 Å². The van der Waals surface area contributed by atoms with Crippen molar-refractivity contribution < 1.29 is 0 Å². The van der Waals surface area contributed by atoms with Gasteiger partial charge in [-0.15, -0.1) is 0 Å². The molecule has 1 aliphatic rings. The minimum atomic E-state index is 0.595. The summed E-state index contributed by atoms with van der Waals surface area (Å²) in [6.45, 7) is 7.45. The highest BCUT2D eigenvalue weighted by molar-refractivity contribution is 4.71. The van der Waals surface area contributed by atoms with E-state index in [0.29, 0.717) is 5.41 Å². The molecule has 0 aromatic heterocycles. The summed E-state index contributed by atoms with van der Waals surface area (Å²) in [6, 6.07) is 0. The number of rotatable bonds is 0. The normalized spacial score (nSPS) is 27.0. The molecule has 1 heteroatoms. The minimum Gasteiger partial charge on any atom is -0.306 e. The highest BCUT2D eigenvalue weighted by Crippen LogP contribution is 2.29. The average Bonchev–Trinajstić information content (AvgIpc) is 2.02.